The first kappa shape index (κ1) is 19.4. The van der Waals surface area contributed by atoms with Crippen LogP contribution < -0.4 is 16.0 Å². The number of carbonyl (C=O) groups is 3. The van der Waals surface area contributed by atoms with Gasteiger partial charge in [-0.3, -0.25) is 4.79 Å². The highest BCUT2D eigenvalue weighted by atomic mass is 16.5. The Kier molecular flexibility index (Phi) is 6.26. The summed E-state index contributed by atoms with van der Waals surface area (Å²) in [7, 11) is 1.33. The maximum Gasteiger partial charge on any atom is 0.337 e. The summed E-state index contributed by atoms with van der Waals surface area (Å²) < 4.78 is 4.65. The van der Waals surface area contributed by atoms with Gasteiger partial charge in [0.15, 0.2) is 0 Å². The highest BCUT2D eigenvalue weighted by Gasteiger charge is 2.29. The number of carbonyl (C=O) groups excluding carboxylic acids is 3. The maximum atomic E-state index is 12.0. The molecule has 3 rings (SSSR count). The summed E-state index contributed by atoms with van der Waals surface area (Å²) in [5, 5.41) is 8.45. The van der Waals surface area contributed by atoms with Crippen molar-refractivity contribution in [2.45, 2.75) is 25.9 Å². The van der Waals surface area contributed by atoms with Crippen molar-refractivity contribution in [3.8, 4) is 0 Å². The van der Waals surface area contributed by atoms with Gasteiger partial charge in [-0.2, -0.15) is 0 Å². The lowest BCUT2D eigenvalue weighted by Crippen LogP contribution is -2.34. The Labute approximate surface area is 163 Å². The van der Waals surface area contributed by atoms with Gasteiger partial charge in [-0.1, -0.05) is 24.3 Å². The number of amides is 3. The first-order chi connectivity index (χ1) is 13.5. The molecule has 0 radical (unpaired) electrons. The van der Waals surface area contributed by atoms with E-state index in [4.69, 9.17) is 0 Å². The Morgan fingerprint density at radius 2 is 1.64 bits per heavy atom. The topological polar surface area (TPSA) is 96.5 Å². The number of rotatable bonds is 7. The molecule has 146 valence electrons. The molecule has 0 aliphatic heterocycles. The molecule has 0 saturated heterocycles. The van der Waals surface area contributed by atoms with Gasteiger partial charge in [0.2, 0.25) is 5.91 Å². The molecule has 3 N–H and O–H groups in total. The molecule has 28 heavy (non-hydrogen) atoms. The van der Waals surface area contributed by atoms with E-state index >= 15 is 0 Å². The largest absolute Gasteiger partial charge is 0.465 e. The smallest absolute Gasteiger partial charge is 0.337 e. The Morgan fingerprint density at radius 1 is 0.964 bits per heavy atom. The van der Waals surface area contributed by atoms with E-state index in [-0.39, 0.29) is 17.9 Å². The summed E-state index contributed by atoms with van der Waals surface area (Å²) in [5.74, 6) is -0.192. The van der Waals surface area contributed by atoms with Crippen LogP contribution in [-0.2, 0) is 22.6 Å². The average molecular weight is 381 g/mol. The second kappa shape index (κ2) is 9.03. The molecule has 0 aromatic heterocycles. The van der Waals surface area contributed by atoms with Crippen LogP contribution in [0.15, 0.2) is 48.5 Å². The summed E-state index contributed by atoms with van der Waals surface area (Å²) in [5.41, 5.74) is 2.96. The third-order valence-electron chi connectivity index (χ3n) is 4.42. The molecule has 3 amide bonds. The van der Waals surface area contributed by atoms with Crippen molar-refractivity contribution < 1.29 is 19.1 Å². The molecule has 2 aromatic rings. The van der Waals surface area contributed by atoms with Crippen LogP contribution in [0, 0.1) is 5.92 Å². The first-order valence-electron chi connectivity index (χ1n) is 9.14. The predicted molar refractivity (Wildman–Crippen MR) is 105 cm³/mol. The normalized spacial score (nSPS) is 12.8. The third kappa shape index (κ3) is 5.57. The van der Waals surface area contributed by atoms with Crippen LogP contribution in [0.25, 0.3) is 0 Å². The molecular weight excluding hydrogens is 358 g/mol. The van der Waals surface area contributed by atoms with Crippen molar-refractivity contribution >= 4 is 23.6 Å². The van der Waals surface area contributed by atoms with E-state index in [1.807, 2.05) is 24.3 Å². The molecule has 2 aromatic carbocycles. The molecule has 1 fully saturated rings. The van der Waals surface area contributed by atoms with E-state index in [9.17, 15) is 14.4 Å². The van der Waals surface area contributed by atoms with Gasteiger partial charge in [-0.05, 0) is 48.2 Å². The molecule has 7 heteroatoms. The van der Waals surface area contributed by atoms with E-state index in [0.29, 0.717) is 18.7 Å². The average Bonchev–Trinajstić information content (AvgIpc) is 3.56. The van der Waals surface area contributed by atoms with Crippen molar-refractivity contribution in [3.63, 3.8) is 0 Å². The molecule has 0 heterocycles. The molecule has 0 atom stereocenters. The van der Waals surface area contributed by atoms with Crippen LogP contribution in [0.1, 0.15) is 34.3 Å². The van der Waals surface area contributed by atoms with Crippen LogP contribution in [0.3, 0.4) is 0 Å². The number of urea groups is 1. The minimum Gasteiger partial charge on any atom is -0.465 e. The zero-order valence-electron chi connectivity index (χ0n) is 15.7. The van der Waals surface area contributed by atoms with Crippen molar-refractivity contribution in [1.82, 2.24) is 10.6 Å². The summed E-state index contributed by atoms with van der Waals surface area (Å²) in [6, 6.07) is 14.0. The Bertz CT molecular complexity index is 860. The van der Waals surface area contributed by atoms with Crippen LogP contribution >= 0.6 is 0 Å². The Hall–Kier alpha value is -3.35. The van der Waals surface area contributed by atoms with Crippen LogP contribution in [0.4, 0.5) is 10.5 Å². The van der Waals surface area contributed by atoms with Gasteiger partial charge in [0.1, 0.15) is 0 Å². The fraction of sp³-hybridized carbons (Fsp3) is 0.286. The standard InChI is InChI=1S/C21H23N3O4/c1-28-20(26)17-7-5-14(6-8-17)12-22-21(27)23-13-15-3-2-4-18(11-15)24-19(25)16-9-10-16/h2-8,11,16H,9-10,12-13H2,1H3,(H,24,25)(H2,22,23,27). The fourth-order valence-electron chi connectivity index (χ4n) is 2.65. The van der Waals surface area contributed by atoms with Gasteiger partial charge in [0, 0.05) is 24.7 Å². The molecule has 0 spiro atoms. The number of nitrogens with one attached hydrogen (secondary N) is 3. The van der Waals surface area contributed by atoms with Crippen molar-refractivity contribution in [2.24, 2.45) is 5.92 Å². The molecule has 1 saturated carbocycles. The fourth-order valence-corrected chi connectivity index (χ4v) is 2.65. The lowest BCUT2D eigenvalue weighted by molar-refractivity contribution is -0.117. The van der Waals surface area contributed by atoms with E-state index in [2.05, 4.69) is 20.7 Å². The summed E-state index contributed by atoms with van der Waals surface area (Å²) >= 11 is 0. The zero-order valence-corrected chi connectivity index (χ0v) is 15.7. The maximum absolute atomic E-state index is 12.0. The number of methoxy groups -OCH3 is 1. The number of esters is 1. The quantitative estimate of drug-likeness (QED) is 0.643. The second-order valence-corrected chi connectivity index (χ2v) is 6.69. The number of ether oxygens (including phenoxy) is 1. The molecule has 7 nitrogen and oxygen atoms in total. The van der Waals surface area contributed by atoms with Gasteiger partial charge in [-0.25, -0.2) is 9.59 Å². The highest BCUT2D eigenvalue weighted by Crippen LogP contribution is 2.30. The monoisotopic (exact) mass is 381 g/mol. The van der Waals surface area contributed by atoms with E-state index in [1.54, 1.807) is 24.3 Å². The van der Waals surface area contributed by atoms with E-state index in [0.717, 1.165) is 29.7 Å². The van der Waals surface area contributed by atoms with Gasteiger partial charge in [-0.15, -0.1) is 0 Å². The van der Waals surface area contributed by atoms with E-state index < -0.39 is 5.97 Å². The SMILES string of the molecule is COC(=O)c1ccc(CNC(=O)NCc2cccc(NC(=O)C3CC3)c2)cc1. The van der Waals surface area contributed by atoms with Crippen LogP contribution in [0.5, 0.6) is 0 Å². The highest BCUT2D eigenvalue weighted by molar-refractivity contribution is 5.94. The minimum absolute atomic E-state index is 0.0565. The number of hydrogen-bond donors (Lipinski definition) is 3. The van der Waals surface area contributed by atoms with Gasteiger partial charge < -0.3 is 20.7 Å². The van der Waals surface area contributed by atoms with E-state index in [1.165, 1.54) is 7.11 Å². The third-order valence-corrected chi connectivity index (χ3v) is 4.42. The zero-order chi connectivity index (χ0) is 19.9. The molecule has 1 aliphatic carbocycles. The number of hydrogen-bond acceptors (Lipinski definition) is 4. The Morgan fingerprint density at radius 3 is 2.29 bits per heavy atom. The van der Waals surface area contributed by atoms with Crippen molar-refractivity contribution in [1.29, 1.82) is 0 Å². The van der Waals surface area contributed by atoms with Gasteiger partial charge >= 0.3 is 12.0 Å². The predicted octanol–water partition coefficient (Wildman–Crippen LogP) is 2.82. The summed E-state index contributed by atoms with van der Waals surface area (Å²) in [6.07, 6.45) is 1.91. The van der Waals surface area contributed by atoms with Crippen LogP contribution in [-0.4, -0.2) is 25.0 Å². The number of anilines is 1. The lowest BCUT2D eigenvalue weighted by Gasteiger charge is -2.10. The summed E-state index contributed by atoms with van der Waals surface area (Å²) in [6.45, 7) is 0.686. The second-order valence-electron chi connectivity index (χ2n) is 6.69. The summed E-state index contributed by atoms with van der Waals surface area (Å²) in [4.78, 5) is 35.2. The molecule has 1 aliphatic rings. The Balaban J connectivity index is 1.44. The van der Waals surface area contributed by atoms with Crippen molar-refractivity contribution in [3.05, 3.63) is 65.2 Å². The van der Waals surface area contributed by atoms with Crippen LogP contribution in [0.2, 0.25) is 0 Å². The lowest BCUT2D eigenvalue weighted by atomic mass is 10.1. The van der Waals surface area contributed by atoms with Crippen molar-refractivity contribution in [2.75, 3.05) is 12.4 Å². The van der Waals surface area contributed by atoms with Gasteiger partial charge in [0.05, 0.1) is 12.7 Å². The molecular formula is C21H23N3O4. The van der Waals surface area contributed by atoms with Gasteiger partial charge in [0.25, 0.3) is 0 Å². The molecule has 0 unspecified atom stereocenters. The number of benzene rings is 2. The molecule has 0 bridgehead atoms. The first-order valence-corrected chi connectivity index (χ1v) is 9.14. The minimum atomic E-state index is -0.396.